The predicted molar refractivity (Wildman–Crippen MR) is 74.4 cm³/mol. The van der Waals surface area contributed by atoms with Gasteiger partial charge in [0.15, 0.2) is 17.3 Å². The van der Waals surface area contributed by atoms with Crippen LogP contribution >= 0.6 is 11.6 Å². The van der Waals surface area contributed by atoms with E-state index in [1.165, 1.54) is 32.4 Å². The summed E-state index contributed by atoms with van der Waals surface area (Å²) < 4.78 is 23.4. The molecule has 0 unspecified atom stereocenters. The highest BCUT2D eigenvalue weighted by molar-refractivity contribution is 6.35. The quantitative estimate of drug-likeness (QED) is 0.806. The number of carbonyl (C=O) groups is 1. The molecule has 2 aromatic carbocycles. The van der Waals surface area contributed by atoms with Crippen molar-refractivity contribution >= 4 is 17.4 Å². The number of rotatable bonds is 4. The fourth-order valence-corrected chi connectivity index (χ4v) is 2.03. The van der Waals surface area contributed by atoms with Gasteiger partial charge in [0.25, 0.3) is 0 Å². The zero-order chi connectivity index (χ0) is 14.7. The molecule has 5 heteroatoms. The Labute approximate surface area is 120 Å². The van der Waals surface area contributed by atoms with E-state index < -0.39 is 5.82 Å². The summed E-state index contributed by atoms with van der Waals surface area (Å²) in [5, 5.41) is 0.255. The Bertz CT molecular complexity index is 656. The number of ketones is 1. The molecule has 0 aromatic heterocycles. The van der Waals surface area contributed by atoms with Gasteiger partial charge in [-0.2, -0.15) is 0 Å². The average molecular weight is 295 g/mol. The average Bonchev–Trinajstić information content (AvgIpc) is 2.46. The van der Waals surface area contributed by atoms with E-state index in [1.807, 2.05) is 0 Å². The molecule has 0 aliphatic carbocycles. The highest BCUT2D eigenvalue weighted by Gasteiger charge is 2.15. The molecule has 2 aromatic rings. The standard InChI is InChI=1S/C15H12ClFO3/c1-19-10-4-5-11(12(16)8-10)15(18)9-3-6-14(20-2)13(17)7-9/h3-8H,1-2H3. The normalized spacial score (nSPS) is 10.2. The van der Waals surface area contributed by atoms with Crippen molar-refractivity contribution in [3.63, 3.8) is 0 Å². The SMILES string of the molecule is COc1ccc(C(=O)c2ccc(OC)c(F)c2)c(Cl)c1. The first kappa shape index (κ1) is 14.3. The third kappa shape index (κ3) is 2.75. The topological polar surface area (TPSA) is 35.5 Å². The maximum absolute atomic E-state index is 13.6. The minimum Gasteiger partial charge on any atom is -0.497 e. The summed E-state index contributed by atoms with van der Waals surface area (Å²) in [4.78, 5) is 12.3. The monoisotopic (exact) mass is 294 g/mol. The zero-order valence-electron chi connectivity index (χ0n) is 10.9. The van der Waals surface area contributed by atoms with Crippen LogP contribution in [0.4, 0.5) is 4.39 Å². The van der Waals surface area contributed by atoms with Crippen LogP contribution in [-0.4, -0.2) is 20.0 Å². The Morgan fingerprint density at radius 2 is 1.85 bits per heavy atom. The Morgan fingerprint density at radius 3 is 2.40 bits per heavy atom. The molecule has 3 nitrogen and oxygen atoms in total. The second kappa shape index (κ2) is 5.92. The molecule has 104 valence electrons. The number of carbonyl (C=O) groups excluding carboxylic acids is 1. The molecule has 0 saturated carbocycles. The Hall–Kier alpha value is -2.07. The van der Waals surface area contributed by atoms with Crippen molar-refractivity contribution in [1.82, 2.24) is 0 Å². The van der Waals surface area contributed by atoms with Crippen LogP contribution in [0.1, 0.15) is 15.9 Å². The summed E-state index contributed by atoms with van der Waals surface area (Å²) in [6.07, 6.45) is 0. The maximum Gasteiger partial charge on any atom is 0.194 e. The van der Waals surface area contributed by atoms with Gasteiger partial charge >= 0.3 is 0 Å². The summed E-state index contributed by atoms with van der Waals surface area (Å²) in [6.45, 7) is 0. The molecule has 0 saturated heterocycles. The summed E-state index contributed by atoms with van der Waals surface area (Å²) in [7, 11) is 2.87. The molecule has 0 atom stereocenters. The smallest absolute Gasteiger partial charge is 0.194 e. The van der Waals surface area contributed by atoms with Gasteiger partial charge in [0.05, 0.1) is 19.2 Å². The third-order valence-electron chi connectivity index (χ3n) is 2.83. The minimum absolute atomic E-state index is 0.0855. The van der Waals surface area contributed by atoms with Crippen LogP contribution in [0.3, 0.4) is 0 Å². The summed E-state index contributed by atoms with van der Waals surface area (Å²) in [5.41, 5.74) is 0.493. The molecule has 20 heavy (non-hydrogen) atoms. The summed E-state index contributed by atoms with van der Waals surface area (Å²) in [6, 6.07) is 8.73. The fraction of sp³-hybridized carbons (Fsp3) is 0.133. The summed E-state index contributed by atoms with van der Waals surface area (Å²) in [5.74, 6) is -0.322. The molecule has 0 aliphatic rings. The molecule has 0 aliphatic heterocycles. The van der Waals surface area contributed by atoms with Gasteiger partial charge in [0.2, 0.25) is 0 Å². The molecular formula is C15H12ClFO3. The fourth-order valence-electron chi connectivity index (χ4n) is 1.77. The molecule has 0 bridgehead atoms. The number of ether oxygens (including phenoxy) is 2. The van der Waals surface area contributed by atoms with Gasteiger partial charge in [-0.1, -0.05) is 11.6 Å². The lowest BCUT2D eigenvalue weighted by Crippen LogP contribution is -2.03. The Kier molecular flexibility index (Phi) is 4.25. The summed E-state index contributed by atoms with van der Waals surface area (Å²) >= 11 is 6.03. The van der Waals surface area contributed by atoms with E-state index in [0.29, 0.717) is 5.75 Å². The lowest BCUT2D eigenvalue weighted by atomic mass is 10.0. The highest BCUT2D eigenvalue weighted by Crippen LogP contribution is 2.26. The van der Waals surface area contributed by atoms with Crippen LogP contribution in [0, 0.1) is 5.82 Å². The van der Waals surface area contributed by atoms with Gasteiger partial charge in [-0.15, -0.1) is 0 Å². The van der Waals surface area contributed by atoms with Crippen LogP contribution in [0.25, 0.3) is 0 Å². The first-order chi connectivity index (χ1) is 9.56. The van der Waals surface area contributed by atoms with Gasteiger partial charge in [-0.25, -0.2) is 4.39 Å². The van der Waals surface area contributed by atoms with Crippen molar-refractivity contribution < 1.29 is 18.7 Å². The van der Waals surface area contributed by atoms with Crippen molar-refractivity contribution in [2.24, 2.45) is 0 Å². The second-order valence-electron chi connectivity index (χ2n) is 4.02. The van der Waals surface area contributed by atoms with E-state index >= 15 is 0 Å². The van der Waals surface area contributed by atoms with E-state index in [-0.39, 0.29) is 27.7 Å². The minimum atomic E-state index is -0.594. The van der Waals surface area contributed by atoms with Crippen molar-refractivity contribution in [2.45, 2.75) is 0 Å². The maximum atomic E-state index is 13.6. The van der Waals surface area contributed by atoms with E-state index in [4.69, 9.17) is 21.1 Å². The molecule has 2 rings (SSSR count). The van der Waals surface area contributed by atoms with Crippen LogP contribution in [-0.2, 0) is 0 Å². The van der Waals surface area contributed by atoms with Gasteiger partial charge in [-0.05, 0) is 36.4 Å². The van der Waals surface area contributed by atoms with Crippen molar-refractivity contribution in [1.29, 1.82) is 0 Å². The van der Waals surface area contributed by atoms with E-state index in [2.05, 4.69) is 0 Å². The first-order valence-corrected chi connectivity index (χ1v) is 6.16. The molecular weight excluding hydrogens is 283 g/mol. The zero-order valence-corrected chi connectivity index (χ0v) is 11.7. The number of halogens is 2. The second-order valence-corrected chi connectivity index (χ2v) is 4.43. The van der Waals surface area contributed by atoms with Crippen LogP contribution < -0.4 is 9.47 Å². The van der Waals surface area contributed by atoms with Crippen molar-refractivity contribution in [3.8, 4) is 11.5 Å². The predicted octanol–water partition coefficient (Wildman–Crippen LogP) is 3.73. The number of hydrogen-bond donors (Lipinski definition) is 0. The lowest BCUT2D eigenvalue weighted by molar-refractivity contribution is 0.103. The number of benzene rings is 2. The molecule has 0 fully saturated rings. The molecule has 0 heterocycles. The van der Waals surface area contributed by atoms with E-state index in [9.17, 15) is 9.18 Å². The van der Waals surface area contributed by atoms with Gasteiger partial charge in [0, 0.05) is 11.1 Å². The van der Waals surface area contributed by atoms with Crippen LogP contribution in [0.5, 0.6) is 11.5 Å². The van der Waals surface area contributed by atoms with Crippen molar-refractivity contribution in [2.75, 3.05) is 14.2 Å². The van der Waals surface area contributed by atoms with Crippen LogP contribution in [0.15, 0.2) is 36.4 Å². The van der Waals surface area contributed by atoms with Crippen molar-refractivity contribution in [3.05, 3.63) is 58.4 Å². The van der Waals surface area contributed by atoms with E-state index in [0.717, 1.165) is 6.07 Å². The largest absolute Gasteiger partial charge is 0.497 e. The third-order valence-corrected chi connectivity index (χ3v) is 3.15. The van der Waals surface area contributed by atoms with Gasteiger partial charge in [-0.3, -0.25) is 4.79 Å². The first-order valence-electron chi connectivity index (χ1n) is 5.78. The Morgan fingerprint density at radius 1 is 1.10 bits per heavy atom. The van der Waals surface area contributed by atoms with E-state index in [1.54, 1.807) is 12.1 Å². The number of hydrogen-bond acceptors (Lipinski definition) is 3. The highest BCUT2D eigenvalue weighted by atomic mass is 35.5. The molecule has 0 radical (unpaired) electrons. The number of methoxy groups -OCH3 is 2. The van der Waals surface area contributed by atoms with Gasteiger partial charge in [0.1, 0.15) is 5.75 Å². The molecule has 0 N–H and O–H groups in total. The van der Waals surface area contributed by atoms with Crippen LogP contribution in [0.2, 0.25) is 5.02 Å². The molecule has 0 amide bonds. The Balaban J connectivity index is 2.38. The lowest BCUT2D eigenvalue weighted by Gasteiger charge is -2.07. The molecule has 0 spiro atoms. The van der Waals surface area contributed by atoms with Gasteiger partial charge < -0.3 is 9.47 Å².